The summed E-state index contributed by atoms with van der Waals surface area (Å²) in [6.07, 6.45) is 3.15. The molecule has 2 aromatic heterocycles. The molecule has 94 valence electrons. The Bertz CT molecular complexity index is 753. The molecule has 0 radical (unpaired) electrons. The maximum absolute atomic E-state index is 12.1. The predicted molar refractivity (Wildman–Crippen MR) is 73.3 cm³/mol. The summed E-state index contributed by atoms with van der Waals surface area (Å²) in [5, 5.41) is 3.07. The molecule has 2 heterocycles. The van der Waals surface area contributed by atoms with E-state index in [0.29, 0.717) is 16.4 Å². The van der Waals surface area contributed by atoms with Crippen molar-refractivity contribution >= 4 is 34.4 Å². The Balaban J connectivity index is 1.89. The Labute approximate surface area is 113 Å². The second kappa shape index (κ2) is 4.70. The molecule has 2 N–H and O–H groups in total. The third-order valence-electron chi connectivity index (χ3n) is 2.67. The highest BCUT2D eigenvalue weighted by molar-refractivity contribution is 6.33. The van der Waals surface area contributed by atoms with Gasteiger partial charge in [-0.25, -0.2) is 9.97 Å². The highest BCUT2D eigenvalue weighted by Crippen LogP contribution is 2.19. The molecule has 0 aliphatic heterocycles. The normalized spacial score (nSPS) is 10.6. The molecule has 0 fully saturated rings. The van der Waals surface area contributed by atoms with Crippen LogP contribution in [0.2, 0.25) is 5.02 Å². The summed E-state index contributed by atoms with van der Waals surface area (Å²) in [7, 11) is 0. The third kappa shape index (κ3) is 2.28. The van der Waals surface area contributed by atoms with Gasteiger partial charge in [-0.3, -0.25) is 4.79 Å². The highest BCUT2D eigenvalue weighted by Gasteiger charge is 2.10. The number of anilines is 1. The standard InChI is InChI=1S/C13H9ClN4O/c14-9-2-1-5-15-12(9)18-13(19)8-3-4-10-11(6-8)17-7-16-10/h1-7H,(H,16,17)(H,15,18,19). The summed E-state index contributed by atoms with van der Waals surface area (Å²) in [4.78, 5) is 23.2. The fourth-order valence-corrected chi connectivity index (χ4v) is 1.90. The number of hydrogen-bond acceptors (Lipinski definition) is 3. The molecule has 0 unspecified atom stereocenters. The van der Waals surface area contributed by atoms with E-state index in [9.17, 15) is 4.79 Å². The number of pyridine rings is 1. The number of imidazole rings is 1. The maximum atomic E-state index is 12.1. The number of nitrogens with one attached hydrogen (secondary N) is 2. The van der Waals surface area contributed by atoms with Crippen molar-refractivity contribution in [2.75, 3.05) is 5.32 Å². The van der Waals surface area contributed by atoms with E-state index in [1.807, 2.05) is 0 Å². The van der Waals surface area contributed by atoms with E-state index < -0.39 is 0 Å². The first-order valence-electron chi connectivity index (χ1n) is 5.59. The van der Waals surface area contributed by atoms with Crippen LogP contribution >= 0.6 is 11.6 Å². The lowest BCUT2D eigenvalue weighted by molar-refractivity contribution is 0.102. The van der Waals surface area contributed by atoms with Crippen molar-refractivity contribution in [1.82, 2.24) is 15.0 Å². The summed E-state index contributed by atoms with van der Waals surface area (Å²) in [6.45, 7) is 0. The zero-order chi connectivity index (χ0) is 13.2. The molecule has 0 saturated heterocycles. The summed E-state index contributed by atoms with van der Waals surface area (Å²) in [5.41, 5.74) is 2.13. The third-order valence-corrected chi connectivity index (χ3v) is 2.98. The minimum atomic E-state index is -0.267. The number of nitrogens with zero attached hydrogens (tertiary/aromatic N) is 2. The van der Waals surface area contributed by atoms with Crippen molar-refractivity contribution in [2.24, 2.45) is 0 Å². The van der Waals surface area contributed by atoms with Crippen LogP contribution < -0.4 is 5.32 Å². The summed E-state index contributed by atoms with van der Waals surface area (Å²) >= 11 is 5.94. The lowest BCUT2D eigenvalue weighted by atomic mass is 10.2. The van der Waals surface area contributed by atoms with E-state index in [1.54, 1.807) is 42.9 Å². The molecule has 1 amide bonds. The second-order valence-corrected chi connectivity index (χ2v) is 4.33. The van der Waals surface area contributed by atoms with Gasteiger partial charge in [0.2, 0.25) is 0 Å². The Morgan fingerprint density at radius 3 is 3.00 bits per heavy atom. The Hall–Kier alpha value is -2.40. The SMILES string of the molecule is O=C(Nc1ncccc1Cl)c1ccc2nc[nH]c2c1. The molecule has 0 spiro atoms. The number of halogens is 1. The summed E-state index contributed by atoms with van der Waals surface area (Å²) in [6, 6.07) is 8.58. The van der Waals surface area contributed by atoms with Gasteiger partial charge < -0.3 is 10.3 Å². The Morgan fingerprint density at radius 2 is 2.16 bits per heavy atom. The average molecular weight is 273 g/mol. The molecule has 0 bridgehead atoms. The van der Waals surface area contributed by atoms with E-state index in [1.165, 1.54) is 0 Å². The predicted octanol–water partition coefficient (Wildman–Crippen LogP) is 2.86. The van der Waals surface area contributed by atoms with Crippen molar-refractivity contribution in [3.63, 3.8) is 0 Å². The number of carbonyl (C=O) groups is 1. The summed E-state index contributed by atoms with van der Waals surface area (Å²) < 4.78 is 0. The van der Waals surface area contributed by atoms with Crippen LogP contribution in [0.1, 0.15) is 10.4 Å². The van der Waals surface area contributed by atoms with Gasteiger partial charge >= 0.3 is 0 Å². The minimum absolute atomic E-state index is 0.267. The van der Waals surface area contributed by atoms with Crippen molar-refractivity contribution in [1.29, 1.82) is 0 Å². The van der Waals surface area contributed by atoms with Crippen LogP contribution in [0.4, 0.5) is 5.82 Å². The van der Waals surface area contributed by atoms with Gasteiger partial charge in [-0.1, -0.05) is 11.6 Å². The highest BCUT2D eigenvalue weighted by atomic mass is 35.5. The molecular weight excluding hydrogens is 264 g/mol. The van der Waals surface area contributed by atoms with Crippen molar-refractivity contribution in [2.45, 2.75) is 0 Å². The molecule has 0 aliphatic carbocycles. The molecule has 5 nitrogen and oxygen atoms in total. The fourth-order valence-electron chi connectivity index (χ4n) is 1.73. The van der Waals surface area contributed by atoms with E-state index in [2.05, 4.69) is 20.3 Å². The van der Waals surface area contributed by atoms with Gasteiger partial charge in [0, 0.05) is 11.8 Å². The zero-order valence-corrected chi connectivity index (χ0v) is 10.5. The molecule has 0 aliphatic rings. The first-order valence-corrected chi connectivity index (χ1v) is 5.97. The fraction of sp³-hybridized carbons (Fsp3) is 0. The Morgan fingerprint density at radius 1 is 1.26 bits per heavy atom. The maximum Gasteiger partial charge on any atom is 0.256 e. The Kier molecular flexibility index (Phi) is 2.89. The van der Waals surface area contributed by atoms with Crippen LogP contribution in [0, 0.1) is 0 Å². The van der Waals surface area contributed by atoms with Crippen LogP contribution in [-0.2, 0) is 0 Å². The average Bonchev–Trinajstić information content (AvgIpc) is 2.88. The van der Waals surface area contributed by atoms with Crippen LogP contribution in [-0.4, -0.2) is 20.9 Å². The largest absolute Gasteiger partial charge is 0.345 e. The first-order chi connectivity index (χ1) is 9.24. The van der Waals surface area contributed by atoms with Crippen molar-refractivity contribution in [3.8, 4) is 0 Å². The molecule has 0 atom stereocenters. The quantitative estimate of drug-likeness (QED) is 0.753. The van der Waals surface area contributed by atoms with Crippen molar-refractivity contribution < 1.29 is 4.79 Å². The lowest BCUT2D eigenvalue weighted by Gasteiger charge is -2.05. The molecule has 6 heteroatoms. The van der Waals surface area contributed by atoms with Gasteiger partial charge in [-0.2, -0.15) is 0 Å². The van der Waals surface area contributed by atoms with Gasteiger partial charge in [0.1, 0.15) is 0 Å². The summed E-state index contributed by atoms with van der Waals surface area (Å²) in [5.74, 6) is 0.0796. The number of aromatic amines is 1. The molecule has 1 aromatic carbocycles. The number of hydrogen-bond donors (Lipinski definition) is 2. The number of rotatable bonds is 2. The molecular formula is C13H9ClN4O. The smallest absolute Gasteiger partial charge is 0.256 e. The lowest BCUT2D eigenvalue weighted by Crippen LogP contribution is -2.13. The number of carbonyl (C=O) groups excluding carboxylic acids is 1. The molecule has 3 aromatic rings. The minimum Gasteiger partial charge on any atom is -0.345 e. The second-order valence-electron chi connectivity index (χ2n) is 3.92. The van der Waals surface area contributed by atoms with Crippen LogP contribution in [0.25, 0.3) is 11.0 Å². The van der Waals surface area contributed by atoms with Gasteiger partial charge in [0.15, 0.2) is 5.82 Å². The van der Waals surface area contributed by atoms with Crippen LogP contribution in [0.3, 0.4) is 0 Å². The van der Waals surface area contributed by atoms with Crippen LogP contribution in [0.15, 0.2) is 42.9 Å². The number of H-pyrrole nitrogens is 1. The topological polar surface area (TPSA) is 70.7 Å². The molecule has 19 heavy (non-hydrogen) atoms. The van der Waals surface area contributed by atoms with E-state index in [-0.39, 0.29) is 5.91 Å². The van der Waals surface area contributed by atoms with Gasteiger partial charge in [0.25, 0.3) is 5.91 Å². The molecule has 0 saturated carbocycles. The van der Waals surface area contributed by atoms with Gasteiger partial charge in [0.05, 0.1) is 22.4 Å². The van der Waals surface area contributed by atoms with Gasteiger partial charge in [-0.15, -0.1) is 0 Å². The van der Waals surface area contributed by atoms with Crippen LogP contribution in [0.5, 0.6) is 0 Å². The first kappa shape index (κ1) is 11.7. The number of aromatic nitrogens is 3. The van der Waals surface area contributed by atoms with E-state index in [4.69, 9.17) is 11.6 Å². The number of benzene rings is 1. The monoisotopic (exact) mass is 272 g/mol. The molecule has 3 rings (SSSR count). The van der Waals surface area contributed by atoms with Crippen molar-refractivity contribution in [3.05, 3.63) is 53.4 Å². The number of fused-ring (bicyclic) bond motifs is 1. The van der Waals surface area contributed by atoms with E-state index in [0.717, 1.165) is 11.0 Å². The van der Waals surface area contributed by atoms with Gasteiger partial charge in [-0.05, 0) is 30.3 Å². The zero-order valence-electron chi connectivity index (χ0n) is 9.72. The van der Waals surface area contributed by atoms with E-state index >= 15 is 0 Å². The number of amides is 1.